The number of ether oxygens (including phenoxy) is 1. The van der Waals surface area contributed by atoms with Gasteiger partial charge in [-0.05, 0) is 39.7 Å². The molecule has 0 atom stereocenters. The topological polar surface area (TPSA) is 22.4 Å². The van der Waals surface area contributed by atoms with Crippen LogP contribution >= 0.6 is 15.9 Å². The van der Waals surface area contributed by atoms with Crippen LogP contribution in [0.5, 0.6) is 5.75 Å². The summed E-state index contributed by atoms with van der Waals surface area (Å²) in [6, 6.07) is 15.9. The molecule has 0 saturated heterocycles. The summed E-state index contributed by atoms with van der Waals surface area (Å²) >= 11 is 3.48. The van der Waals surface area contributed by atoms with E-state index in [1.807, 2.05) is 48.5 Å². The van der Waals surface area contributed by atoms with Gasteiger partial charge in [0.1, 0.15) is 17.9 Å². The van der Waals surface area contributed by atoms with Crippen LogP contribution in [0.2, 0.25) is 0 Å². The minimum absolute atomic E-state index is 0.566. The van der Waals surface area contributed by atoms with E-state index < -0.39 is 0 Å². The Bertz CT molecular complexity index is 659. The lowest BCUT2D eigenvalue weighted by Gasteiger charge is -2.07. The molecular weight excluding hydrogens is 292 g/mol. The Balaban J connectivity index is 1.82. The molecule has 0 amide bonds. The zero-order valence-corrected chi connectivity index (χ0v) is 11.2. The first kappa shape index (κ1) is 11.4. The molecule has 0 aliphatic heterocycles. The van der Waals surface area contributed by atoms with Crippen molar-refractivity contribution in [2.45, 2.75) is 6.61 Å². The number of hydrogen-bond donors (Lipinski definition) is 0. The van der Waals surface area contributed by atoms with E-state index in [2.05, 4.69) is 15.9 Å². The average Bonchev–Trinajstić information content (AvgIpc) is 2.86. The molecule has 3 rings (SSSR count). The van der Waals surface area contributed by atoms with Gasteiger partial charge in [0, 0.05) is 5.39 Å². The van der Waals surface area contributed by atoms with Crippen molar-refractivity contribution in [1.29, 1.82) is 0 Å². The lowest BCUT2D eigenvalue weighted by Crippen LogP contribution is -1.94. The minimum atomic E-state index is 0.566. The van der Waals surface area contributed by atoms with E-state index in [0.717, 1.165) is 26.8 Å². The summed E-state index contributed by atoms with van der Waals surface area (Å²) in [5.41, 5.74) is 2.00. The van der Waals surface area contributed by atoms with Crippen LogP contribution in [0.3, 0.4) is 0 Å². The zero-order chi connectivity index (χ0) is 12.4. The number of halogens is 1. The van der Waals surface area contributed by atoms with E-state index in [1.54, 1.807) is 6.26 Å². The first-order chi connectivity index (χ1) is 8.83. The van der Waals surface area contributed by atoms with E-state index in [-0.39, 0.29) is 0 Å². The van der Waals surface area contributed by atoms with Crippen molar-refractivity contribution in [2.75, 3.05) is 0 Å². The summed E-state index contributed by atoms with van der Waals surface area (Å²) < 4.78 is 12.1. The highest BCUT2D eigenvalue weighted by Gasteiger charge is 2.05. The Morgan fingerprint density at radius 3 is 2.72 bits per heavy atom. The van der Waals surface area contributed by atoms with E-state index in [0.29, 0.717) is 6.61 Å². The Labute approximate surface area is 113 Å². The van der Waals surface area contributed by atoms with Crippen molar-refractivity contribution >= 4 is 26.9 Å². The van der Waals surface area contributed by atoms with Crippen LogP contribution in [0, 0.1) is 0 Å². The molecule has 0 N–H and O–H groups in total. The quantitative estimate of drug-likeness (QED) is 0.695. The molecule has 0 spiro atoms. The first-order valence-corrected chi connectivity index (χ1v) is 6.46. The maximum atomic E-state index is 5.78. The molecule has 0 unspecified atom stereocenters. The van der Waals surface area contributed by atoms with Gasteiger partial charge in [-0.2, -0.15) is 0 Å². The predicted molar refractivity (Wildman–Crippen MR) is 74.7 cm³/mol. The fraction of sp³-hybridized carbons (Fsp3) is 0.0667. The Hall–Kier alpha value is -1.74. The highest BCUT2D eigenvalue weighted by atomic mass is 79.9. The van der Waals surface area contributed by atoms with E-state index in [4.69, 9.17) is 9.15 Å². The van der Waals surface area contributed by atoms with E-state index >= 15 is 0 Å². The molecule has 0 saturated carbocycles. The largest absolute Gasteiger partial charge is 0.489 e. The van der Waals surface area contributed by atoms with Crippen molar-refractivity contribution in [3.8, 4) is 5.75 Å². The van der Waals surface area contributed by atoms with Gasteiger partial charge >= 0.3 is 0 Å². The Morgan fingerprint density at radius 1 is 1.06 bits per heavy atom. The summed E-state index contributed by atoms with van der Waals surface area (Å²) in [5.74, 6) is 0.833. The highest BCUT2D eigenvalue weighted by Crippen LogP contribution is 2.30. The minimum Gasteiger partial charge on any atom is -0.489 e. The van der Waals surface area contributed by atoms with Crippen molar-refractivity contribution in [2.24, 2.45) is 0 Å². The van der Waals surface area contributed by atoms with Crippen LogP contribution in [0.25, 0.3) is 11.0 Å². The fourth-order valence-corrected chi connectivity index (χ4v) is 2.38. The standard InChI is InChI=1S/C15H11BrO2/c16-14-9-13(8-12-6-7-17-15(12)14)18-10-11-4-2-1-3-5-11/h1-9H,10H2. The number of rotatable bonds is 3. The summed E-state index contributed by atoms with van der Waals surface area (Å²) in [7, 11) is 0. The smallest absolute Gasteiger partial charge is 0.148 e. The molecule has 3 heteroatoms. The van der Waals surface area contributed by atoms with Gasteiger partial charge in [0.15, 0.2) is 0 Å². The van der Waals surface area contributed by atoms with Crippen LogP contribution in [-0.2, 0) is 6.61 Å². The van der Waals surface area contributed by atoms with Gasteiger partial charge in [0.05, 0.1) is 10.7 Å². The number of furan rings is 1. The van der Waals surface area contributed by atoms with Gasteiger partial charge in [0.25, 0.3) is 0 Å². The Morgan fingerprint density at radius 2 is 1.89 bits per heavy atom. The molecule has 18 heavy (non-hydrogen) atoms. The van der Waals surface area contributed by atoms with E-state index in [1.165, 1.54) is 0 Å². The van der Waals surface area contributed by atoms with Gasteiger partial charge < -0.3 is 9.15 Å². The third-order valence-corrected chi connectivity index (χ3v) is 3.32. The van der Waals surface area contributed by atoms with E-state index in [9.17, 15) is 0 Å². The lowest BCUT2D eigenvalue weighted by molar-refractivity contribution is 0.306. The molecule has 2 aromatic carbocycles. The molecule has 3 aromatic rings. The molecule has 2 nitrogen and oxygen atoms in total. The second-order valence-corrected chi connectivity index (χ2v) is 4.87. The molecule has 0 fully saturated rings. The van der Waals surface area contributed by atoms with Crippen LogP contribution in [0.4, 0.5) is 0 Å². The van der Waals surface area contributed by atoms with Gasteiger partial charge in [-0.3, -0.25) is 0 Å². The average molecular weight is 303 g/mol. The number of benzene rings is 2. The van der Waals surface area contributed by atoms with Crippen molar-refractivity contribution < 1.29 is 9.15 Å². The summed E-state index contributed by atoms with van der Waals surface area (Å²) in [6.45, 7) is 0.566. The second kappa shape index (κ2) is 4.86. The van der Waals surface area contributed by atoms with Gasteiger partial charge in [-0.1, -0.05) is 30.3 Å². The van der Waals surface area contributed by atoms with Crippen LogP contribution in [0.15, 0.2) is 63.7 Å². The lowest BCUT2D eigenvalue weighted by atomic mass is 10.2. The van der Waals surface area contributed by atoms with Crippen LogP contribution < -0.4 is 4.74 Å². The zero-order valence-electron chi connectivity index (χ0n) is 9.60. The molecule has 0 radical (unpaired) electrons. The molecular formula is C15H11BrO2. The maximum Gasteiger partial charge on any atom is 0.148 e. The molecule has 1 aromatic heterocycles. The maximum absolute atomic E-state index is 5.78. The highest BCUT2D eigenvalue weighted by molar-refractivity contribution is 9.10. The second-order valence-electron chi connectivity index (χ2n) is 4.02. The number of fused-ring (bicyclic) bond motifs is 1. The summed E-state index contributed by atoms with van der Waals surface area (Å²) in [4.78, 5) is 0. The fourth-order valence-electron chi connectivity index (χ4n) is 1.84. The van der Waals surface area contributed by atoms with Gasteiger partial charge in [-0.25, -0.2) is 0 Å². The third kappa shape index (κ3) is 2.27. The molecule has 0 bridgehead atoms. The molecule has 0 aliphatic rings. The number of hydrogen-bond acceptors (Lipinski definition) is 2. The molecule has 0 aliphatic carbocycles. The van der Waals surface area contributed by atoms with Crippen LogP contribution in [-0.4, -0.2) is 0 Å². The first-order valence-electron chi connectivity index (χ1n) is 5.66. The van der Waals surface area contributed by atoms with Gasteiger partial charge in [0.2, 0.25) is 0 Å². The molecule has 1 heterocycles. The SMILES string of the molecule is Brc1cc(OCc2ccccc2)cc2ccoc12. The third-order valence-electron chi connectivity index (χ3n) is 2.73. The van der Waals surface area contributed by atoms with Crippen molar-refractivity contribution in [1.82, 2.24) is 0 Å². The van der Waals surface area contributed by atoms with Gasteiger partial charge in [-0.15, -0.1) is 0 Å². The van der Waals surface area contributed by atoms with Crippen LogP contribution in [0.1, 0.15) is 5.56 Å². The summed E-state index contributed by atoms with van der Waals surface area (Å²) in [6.07, 6.45) is 1.68. The monoisotopic (exact) mass is 302 g/mol. The normalized spacial score (nSPS) is 10.7. The Kier molecular flexibility index (Phi) is 3.07. The molecule has 90 valence electrons. The summed E-state index contributed by atoms with van der Waals surface area (Å²) in [5, 5.41) is 1.03. The van der Waals surface area contributed by atoms with Crippen molar-refractivity contribution in [3.63, 3.8) is 0 Å². The van der Waals surface area contributed by atoms with Crippen molar-refractivity contribution in [3.05, 3.63) is 64.8 Å². The predicted octanol–water partition coefficient (Wildman–Crippen LogP) is 4.77.